The number of rotatable bonds is 5. The van der Waals surface area contributed by atoms with Crippen LogP contribution in [-0.2, 0) is 11.3 Å². The summed E-state index contributed by atoms with van der Waals surface area (Å²) >= 11 is 6.23. The second-order valence-corrected chi connectivity index (χ2v) is 6.70. The van der Waals surface area contributed by atoms with Crippen molar-refractivity contribution in [3.8, 4) is 0 Å². The van der Waals surface area contributed by atoms with E-state index in [0.717, 1.165) is 30.2 Å². The summed E-state index contributed by atoms with van der Waals surface area (Å²) in [4.78, 5) is 14.4. The number of carbonyl (C=O) groups is 1. The molecule has 0 spiro atoms. The van der Waals surface area contributed by atoms with Crippen molar-refractivity contribution in [1.29, 1.82) is 0 Å². The Hall–Kier alpha value is -2.25. The van der Waals surface area contributed by atoms with Crippen molar-refractivity contribution in [2.75, 3.05) is 43.1 Å². The summed E-state index contributed by atoms with van der Waals surface area (Å²) in [6, 6.07) is 7.38. The number of aryl methyl sites for hydroxylation is 2. The molecule has 0 atom stereocenters. The Morgan fingerprint density at radius 2 is 2.04 bits per heavy atom. The third-order valence-electron chi connectivity index (χ3n) is 4.29. The molecule has 2 heterocycles. The topological polar surface area (TPSA) is 71.4 Å². The van der Waals surface area contributed by atoms with Gasteiger partial charge in [-0.15, -0.1) is 0 Å². The van der Waals surface area contributed by atoms with Gasteiger partial charge in [0.1, 0.15) is 0 Å². The highest BCUT2D eigenvalue weighted by Gasteiger charge is 2.14. The van der Waals surface area contributed by atoms with Crippen LogP contribution in [0.4, 0.5) is 16.2 Å². The largest absolute Gasteiger partial charge is 0.378 e. The fourth-order valence-corrected chi connectivity index (χ4v) is 3.14. The number of halogens is 1. The molecule has 0 radical (unpaired) electrons. The van der Waals surface area contributed by atoms with Crippen LogP contribution in [-0.4, -0.2) is 48.7 Å². The summed E-state index contributed by atoms with van der Waals surface area (Å²) in [6.07, 6.45) is 0. The minimum atomic E-state index is -0.285. The first-order chi connectivity index (χ1) is 12.5. The van der Waals surface area contributed by atoms with Crippen LogP contribution in [0, 0.1) is 13.8 Å². The van der Waals surface area contributed by atoms with Crippen LogP contribution in [0.1, 0.15) is 11.4 Å². The van der Waals surface area contributed by atoms with Crippen LogP contribution >= 0.6 is 11.6 Å². The van der Waals surface area contributed by atoms with Gasteiger partial charge in [-0.1, -0.05) is 11.6 Å². The molecule has 1 aromatic carbocycles. The van der Waals surface area contributed by atoms with E-state index in [2.05, 4.69) is 20.6 Å². The molecule has 0 unspecified atom stereocenters. The fourth-order valence-electron chi connectivity index (χ4n) is 2.97. The zero-order valence-corrected chi connectivity index (χ0v) is 15.8. The Kier molecular flexibility index (Phi) is 6.00. The van der Waals surface area contributed by atoms with Gasteiger partial charge in [0.25, 0.3) is 0 Å². The van der Waals surface area contributed by atoms with Crippen LogP contribution in [0.15, 0.2) is 24.3 Å². The normalized spacial score (nSPS) is 14.3. The Balaban J connectivity index is 1.55. The average Bonchev–Trinajstić information content (AvgIpc) is 2.95. The SMILES string of the molecule is Cc1cc(C)n(CCNC(=O)Nc2cc(N3CCOCC3)ccc2Cl)n1. The highest BCUT2D eigenvalue weighted by Crippen LogP contribution is 2.28. The van der Waals surface area contributed by atoms with Crippen molar-refractivity contribution in [1.82, 2.24) is 15.1 Å². The van der Waals surface area contributed by atoms with Crippen molar-refractivity contribution in [2.24, 2.45) is 0 Å². The van der Waals surface area contributed by atoms with Crippen molar-refractivity contribution >= 4 is 29.0 Å². The van der Waals surface area contributed by atoms with Crippen molar-refractivity contribution in [3.63, 3.8) is 0 Å². The molecule has 7 nitrogen and oxygen atoms in total. The lowest BCUT2D eigenvalue weighted by Gasteiger charge is -2.29. The molecule has 26 heavy (non-hydrogen) atoms. The number of morpholine rings is 1. The molecule has 1 aliphatic rings. The summed E-state index contributed by atoms with van der Waals surface area (Å²) < 4.78 is 7.25. The van der Waals surface area contributed by atoms with Gasteiger partial charge in [-0.25, -0.2) is 4.79 Å². The summed E-state index contributed by atoms with van der Waals surface area (Å²) in [5.41, 5.74) is 3.67. The maximum atomic E-state index is 12.2. The number of carbonyl (C=O) groups excluding carboxylic acids is 1. The minimum absolute atomic E-state index is 0.285. The van der Waals surface area contributed by atoms with Gasteiger partial charge < -0.3 is 20.3 Å². The lowest BCUT2D eigenvalue weighted by molar-refractivity contribution is 0.122. The quantitative estimate of drug-likeness (QED) is 0.840. The average molecular weight is 378 g/mol. The number of hydrogen-bond acceptors (Lipinski definition) is 4. The Bertz CT molecular complexity index is 771. The Morgan fingerprint density at radius 1 is 1.27 bits per heavy atom. The van der Waals surface area contributed by atoms with E-state index in [1.54, 1.807) is 6.07 Å². The van der Waals surface area contributed by atoms with Gasteiger partial charge in [0.2, 0.25) is 0 Å². The third kappa shape index (κ3) is 4.68. The number of hydrogen-bond donors (Lipinski definition) is 2. The molecule has 1 fully saturated rings. The van der Waals surface area contributed by atoms with Crippen LogP contribution in [0.3, 0.4) is 0 Å². The molecular formula is C18H24ClN5O2. The van der Waals surface area contributed by atoms with Crippen LogP contribution in [0.5, 0.6) is 0 Å². The maximum absolute atomic E-state index is 12.2. The monoisotopic (exact) mass is 377 g/mol. The molecule has 1 aromatic heterocycles. The van der Waals surface area contributed by atoms with Gasteiger partial charge in [0, 0.05) is 31.0 Å². The van der Waals surface area contributed by atoms with Crippen LogP contribution in [0.25, 0.3) is 0 Å². The number of aromatic nitrogens is 2. The minimum Gasteiger partial charge on any atom is -0.378 e. The molecule has 0 saturated carbocycles. The zero-order chi connectivity index (χ0) is 18.5. The smallest absolute Gasteiger partial charge is 0.319 e. The second-order valence-electron chi connectivity index (χ2n) is 6.29. The second kappa shape index (κ2) is 8.42. The molecule has 3 rings (SSSR count). The molecular weight excluding hydrogens is 354 g/mol. The molecule has 2 N–H and O–H groups in total. The van der Waals surface area contributed by atoms with Gasteiger partial charge in [-0.2, -0.15) is 5.10 Å². The number of urea groups is 1. The number of nitrogens with one attached hydrogen (secondary N) is 2. The number of nitrogens with zero attached hydrogens (tertiary/aromatic N) is 3. The Morgan fingerprint density at radius 3 is 2.73 bits per heavy atom. The summed E-state index contributed by atoms with van der Waals surface area (Å²) in [7, 11) is 0. The molecule has 2 amide bonds. The van der Waals surface area contributed by atoms with Crippen molar-refractivity contribution < 1.29 is 9.53 Å². The molecule has 0 bridgehead atoms. The van der Waals surface area contributed by atoms with E-state index in [0.29, 0.717) is 37.0 Å². The molecule has 140 valence electrons. The first kappa shape index (κ1) is 18.5. The van der Waals surface area contributed by atoms with E-state index in [1.807, 2.05) is 36.7 Å². The number of anilines is 2. The first-order valence-electron chi connectivity index (χ1n) is 8.71. The third-order valence-corrected chi connectivity index (χ3v) is 4.62. The predicted molar refractivity (Wildman–Crippen MR) is 103 cm³/mol. The van der Waals surface area contributed by atoms with E-state index in [-0.39, 0.29) is 6.03 Å². The predicted octanol–water partition coefficient (Wildman–Crippen LogP) is 2.81. The Labute approximate surface area is 158 Å². The maximum Gasteiger partial charge on any atom is 0.319 e. The highest BCUT2D eigenvalue weighted by atomic mass is 35.5. The van der Waals surface area contributed by atoms with Gasteiger partial charge in [0.05, 0.1) is 36.2 Å². The van der Waals surface area contributed by atoms with Gasteiger partial charge in [0.15, 0.2) is 0 Å². The fraction of sp³-hybridized carbons (Fsp3) is 0.444. The van der Waals surface area contributed by atoms with Gasteiger partial charge >= 0.3 is 6.03 Å². The first-order valence-corrected chi connectivity index (χ1v) is 9.09. The van der Waals surface area contributed by atoms with E-state index in [9.17, 15) is 4.79 Å². The van der Waals surface area contributed by atoms with E-state index in [1.165, 1.54) is 0 Å². The molecule has 1 saturated heterocycles. The molecule has 1 aliphatic heterocycles. The lowest BCUT2D eigenvalue weighted by atomic mass is 10.2. The lowest BCUT2D eigenvalue weighted by Crippen LogP contribution is -2.36. The number of ether oxygens (including phenoxy) is 1. The molecule has 2 aromatic rings. The van der Waals surface area contributed by atoms with Crippen molar-refractivity contribution in [2.45, 2.75) is 20.4 Å². The summed E-state index contributed by atoms with van der Waals surface area (Å²) in [5, 5.41) is 10.6. The van der Waals surface area contributed by atoms with Crippen molar-refractivity contribution in [3.05, 3.63) is 40.7 Å². The van der Waals surface area contributed by atoms with E-state index in [4.69, 9.17) is 16.3 Å². The standard InChI is InChI=1S/C18H24ClN5O2/c1-13-11-14(2)24(22-13)6-5-20-18(25)21-17-12-15(3-4-16(17)19)23-7-9-26-10-8-23/h3-4,11-12H,5-10H2,1-2H3,(H2,20,21,25). The van der Waals surface area contributed by atoms with Gasteiger partial charge in [-0.05, 0) is 38.1 Å². The number of amides is 2. The van der Waals surface area contributed by atoms with Crippen LogP contribution in [0.2, 0.25) is 5.02 Å². The van der Waals surface area contributed by atoms with Crippen LogP contribution < -0.4 is 15.5 Å². The molecule has 0 aliphatic carbocycles. The van der Waals surface area contributed by atoms with Gasteiger partial charge in [-0.3, -0.25) is 4.68 Å². The molecule has 8 heteroatoms. The zero-order valence-electron chi connectivity index (χ0n) is 15.1. The van der Waals surface area contributed by atoms with E-state index >= 15 is 0 Å². The van der Waals surface area contributed by atoms with E-state index < -0.39 is 0 Å². The summed E-state index contributed by atoms with van der Waals surface area (Å²) in [6.45, 7) is 8.12. The number of benzene rings is 1. The summed E-state index contributed by atoms with van der Waals surface area (Å²) in [5.74, 6) is 0. The highest BCUT2D eigenvalue weighted by molar-refractivity contribution is 6.33.